The minimum absolute atomic E-state index is 0.117. The van der Waals surface area contributed by atoms with Crippen molar-refractivity contribution in [1.29, 1.82) is 0 Å². The summed E-state index contributed by atoms with van der Waals surface area (Å²) in [5.74, 6) is -2.54. The van der Waals surface area contributed by atoms with Crippen LogP contribution in [0.25, 0.3) is 0 Å². The standard InChI is InChI=1S/C29H33F2N5O4/c1-28(6-8-34(2)9-7-28)26(39)36(16-18-10-21(30)13-22(31)11-18)17-24(37)32-23-5-4-19-14-29(15-20(19)12-23)25(38)33-27(40)35(29)3/h4-5,10-13H,6-9,14-17H2,1-3H3,(H,32,37)(H,33,38,40). The van der Waals surface area contributed by atoms with Crippen LogP contribution in [0.4, 0.5) is 19.3 Å². The number of carbonyl (C=O) groups is 4. The Morgan fingerprint density at radius 3 is 2.27 bits per heavy atom. The number of amides is 5. The lowest BCUT2D eigenvalue weighted by Crippen LogP contribution is -2.49. The number of fused-ring (bicyclic) bond motifs is 1. The molecule has 1 unspecified atom stereocenters. The summed E-state index contributed by atoms with van der Waals surface area (Å²) in [6.45, 7) is 2.91. The van der Waals surface area contributed by atoms with Crippen molar-refractivity contribution < 1.29 is 28.0 Å². The van der Waals surface area contributed by atoms with Gasteiger partial charge >= 0.3 is 6.03 Å². The van der Waals surface area contributed by atoms with E-state index in [4.69, 9.17) is 0 Å². The number of likely N-dealkylation sites (tertiary alicyclic amines) is 1. The fraction of sp³-hybridized carbons (Fsp3) is 0.448. The highest BCUT2D eigenvalue weighted by molar-refractivity contribution is 6.07. The third kappa shape index (κ3) is 5.17. The first-order valence-corrected chi connectivity index (χ1v) is 13.3. The molecule has 2 aromatic carbocycles. The Balaban J connectivity index is 1.33. The second-order valence-electron chi connectivity index (χ2n) is 11.5. The number of carbonyl (C=O) groups excluding carboxylic acids is 4. The van der Waals surface area contributed by atoms with Gasteiger partial charge in [0.25, 0.3) is 5.91 Å². The summed E-state index contributed by atoms with van der Waals surface area (Å²) in [5, 5.41) is 5.19. The average molecular weight is 554 g/mol. The van der Waals surface area contributed by atoms with Crippen LogP contribution < -0.4 is 10.6 Å². The van der Waals surface area contributed by atoms with Crippen molar-refractivity contribution in [2.45, 2.75) is 44.7 Å². The first kappa shape index (κ1) is 27.7. The molecular weight excluding hydrogens is 520 g/mol. The molecule has 5 rings (SSSR count). The third-order valence-corrected chi connectivity index (χ3v) is 8.57. The Hall–Kier alpha value is -3.86. The number of hydrogen-bond donors (Lipinski definition) is 2. The maximum atomic E-state index is 13.9. The van der Waals surface area contributed by atoms with E-state index in [0.717, 1.165) is 42.4 Å². The molecule has 40 heavy (non-hydrogen) atoms. The molecule has 2 heterocycles. The van der Waals surface area contributed by atoms with Crippen LogP contribution in [-0.2, 0) is 33.8 Å². The third-order valence-electron chi connectivity index (χ3n) is 8.57. The predicted octanol–water partition coefficient (Wildman–Crippen LogP) is 2.68. The van der Waals surface area contributed by atoms with Crippen molar-refractivity contribution in [2.75, 3.05) is 39.0 Å². The quantitative estimate of drug-likeness (QED) is 0.536. The monoisotopic (exact) mass is 553 g/mol. The van der Waals surface area contributed by atoms with Gasteiger partial charge in [-0.05, 0) is 73.9 Å². The number of imide groups is 1. The number of nitrogens with zero attached hydrogens (tertiary/aromatic N) is 3. The number of halogens is 2. The topological polar surface area (TPSA) is 102 Å². The fourth-order valence-electron chi connectivity index (χ4n) is 5.98. The number of nitrogens with one attached hydrogen (secondary N) is 2. The maximum absolute atomic E-state index is 13.9. The van der Waals surface area contributed by atoms with Gasteiger partial charge in [-0.1, -0.05) is 13.0 Å². The maximum Gasteiger partial charge on any atom is 0.324 e. The summed E-state index contributed by atoms with van der Waals surface area (Å²) in [5.41, 5.74) is 0.821. The van der Waals surface area contributed by atoms with Gasteiger partial charge in [0.2, 0.25) is 11.8 Å². The van der Waals surface area contributed by atoms with Crippen LogP contribution in [0.2, 0.25) is 0 Å². The van der Waals surface area contributed by atoms with Crippen LogP contribution in [0.1, 0.15) is 36.5 Å². The molecule has 0 bridgehead atoms. The summed E-state index contributed by atoms with van der Waals surface area (Å²) < 4.78 is 27.8. The molecule has 1 aliphatic carbocycles. The minimum Gasteiger partial charge on any atom is -0.329 e. The molecule has 0 saturated carbocycles. The van der Waals surface area contributed by atoms with Crippen molar-refractivity contribution in [2.24, 2.45) is 5.41 Å². The summed E-state index contributed by atoms with van der Waals surface area (Å²) >= 11 is 0. The molecule has 2 aromatic rings. The molecule has 2 N–H and O–H groups in total. The zero-order valence-electron chi connectivity index (χ0n) is 22.9. The van der Waals surface area contributed by atoms with E-state index < -0.39 is 34.5 Å². The van der Waals surface area contributed by atoms with E-state index in [1.165, 1.54) is 9.80 Å². The Morgan fingerprint density at radius 1 is 1.00 bits per heavy atom. The molecule has 3 aliphatic rings. The molecule has 2 saturated heterocycles. The Bertz CT molecular complexity index is 1370. The summed E-state index contributed by atoms with van der Waals surface area (Å²) in [4.78, 5) is 56.5. The van der Waals surface area contributed by atoms with Gasteiger partial charge < -0.3 is 20.0 Å². The molecule has 5 amide bonds. The van der Waals surface area contributed by atoms with Gasteiger partial charge in [0.1, 0.15) is 23.7 Å². The smallest absolute Gasteiger partial charge is 0.324 e. The van der Waals surface area contributed by atoms with E-state index in [2.05, 4.69) is 15.5 Å². The lowest BCUT2D eigenvalue weighted by Gasteiger charge is -2.39. The molecule has 2 fully saturated rings. The van der Waals surface area contributed by atoms with E-state index in [0.29, 0.717) is 31.4 Å². The van der Waals surface area contributed by atoms with E-state index >= 15 is 0 Å². The van der Waals surface area contributed by atoms with E-state index in [-0.39, 0.29) is 30.5 Å². The van der Waals surface area contributed by atoms with Crippen molar-refractivity contribution >= 4 is 29.4 Å². The van der Waals surface area contributed by atoms with Crippen LogP contribution in [-0.4, -0.2) is 77.7 Å². The summed E-state index contributed by atoms with van der Waals surface area (Å²) in [7, 11) is 3.58. The van der Waals surface area contributed by atoms with Crippen molar-refractivity contribution in [1.82, 2.24) is 20.0 Å². The van der Waals surface area contributed by atoms with Crippen molar-refractivity contribution in [3.8, 4) is 0 Å². The van der Waals surface area contributed by atoms with Gasteiger partial charge in [0, 0.05) is 43.6 Å². The first-order chi connectivity index (χ1) is 18.9. The molecule has 2 aliphatic heterocycles. The molecule has 212 valence electrons. The van der Waals surface area contributed by atoms with Crippen LogP contribution in [0.3, 0.4) is 0 Å². The first-order valence-electron chi connectivity index (χ1n) is 13.3. The second-order valence-corrected chi connectivity index (χ2v) is 11.5. The van der Waals surface area contributed by atoms with Crippen LogP contribution >= 0.6 is 0 Å². The van der Waals surface area contributed by atoms with Gasteiger partial charge in [-0.3, -0.25) is 19.7 Å². The number of rotatable bonds is 6. The van der Waals surface area contributed by atoms with Crippen LogP contribution in [0, 0.1) is 17.0 Å². The zero-order valence-corrected chi connectivity index (χ0v) is 22.9. The number of piperidine rings is 1. The average Bonchev–Trinajstić information content (AvgIpc) is 3.37. The number of hydrogen-bond acceptors (Lipinski definition) is 5. The highest BCUT2D eigenvalue weighted by atomic mass is 19.1. The summed E-state index contributed by atoms with van der Waals surface area (Å²) in [6.07, 6.45) is 1.91. The van der Waals surface area contributed by atoms with Gasteiger partial charge in [-0.2, -0.15) is 0 Å². The Kier molecular flexibility index (Phi) is 7.11. The van der Waals surface area contributed by atoms with E-state index in [9.17, 15) is 28.0 Å². The SMILES string of the molecule is CN1CCC(C)(C(=O)N(CC(=O)Nc2ccc3c(c2)CC2(C3)C(=O)NC(=O)N2C)Cc2cc(F)cc(F)c2)CC1. The van der Waals surface area contributed by atoms with Crippen LogP contribution in [0.5, 0.6) is 0 Å². The van der Waals surface area contributed by atoms with Crippen molar-refractivity contribution in [3.05, 3.63) is 64.7 Å². The number of anilines is 1. The molecule has 0 radical (unpaired) electrons. The van der Waals surface area contributed by atoms with E-state index in [1.807, 2.05) is 20.0 Å². The van der Waals surface area contributed by atoms with E-state index in [1.54, 1.807) is 19.2 Å². The molecule has 0 aromatic heterocycles. The van der Waals surface area contributed by atoms with Gasteiger partial charge in [0.05, 0.1) is 0 Å². The summed E-state index contributed by atoms with van der Waals surface area (Å²) in [6, 6.07) is 7.97. The van der Waals surface area contributed by atoms with Crippen molar-refractivity contribution in [3.63, 3.8) is 0 Å². The lowest BCUT2D eigenvalue weighted by atomic mass is 9.79. The second kappa shape index (κ2) is 10.3. The lowest BCUT2D eigenvalue weighted by molar-refractivity contribution is -0.146. The number of benzene rings is 2. The van der Waals surface area contributed by atoms with Gasteiger partial charge in [0.15, 0.2) is 0 Å². The Labute approximate surface area is 231 Å². The fourth-order valence-corrected chi connectivity index (χ4v) is 5.98. The minimum atomic E-state index is -0.977. The van der Waals surface area contributed by atoms with Gasteiger partial charge in [-0.15, -0.1) is 0 Å². The zero-order chi connectivity index (χ0) is 28.8. The van der Waals surface area contributed by atoms with Gasteiger partial charge in [-0.25, -0.2) is 13.6 Å². The molecule has 11 heteroatoms. The van der Waals surface area contributed by atoms with Crippen LogP contribution in [0.15, 0.2) is 36.4 Å². The molecule has 1 spiro atoms. The number of urea groups is 1. The largest absolute Gasteiger partial charge is 0.329 e. The normalized spacial score (nSPS) is 21.9. The predicted molar refractivity (Wildman–Crippen MR) is 143 cm³/mol. The molecule has 1 atom stereocenters. The highest BCUT2D eigenvalue weighted by Crippen LogP contribution is 2.38. The highest BCUT2D eigenvalue weighted by Gasteiger charge is 2.54. The number of likely N-dealkylation sites (N-methyl/N-ethyl adjacent to an activating group) is 1. The molecule has 9 nitrogen and oxygen atoms in total. The Morgan fingerprint density at radius 2 is 1.65 bits per heavy atom. The molecular formula is C29H33F2N5O4.